The average molecular weight is 427 g/mol. The van der Waals surface area contributed by atoms with Gasteiger partial charge in [0.05, 0.1) is 0 Å². The fourth-order valence-electron chi connectivity index (χ4n) is 3.56. The minimum absolute atomic E-state index is 0.000995. The number of aliphatic carboxylic acids is 2. The second kappa shape index (κ2) is 22.3. The van der Waals surface area contributed by atoms with E-state index in [1.54, 1.807) is 0 Å². The van der Waals surface area contributed by atoms with E-state index in [0.29, 0.717) is 6.42 Å². The highest BCUT2D eigenvalue weighted by Gasteiger charge is 2.08. The molecule has 0 rings (SSSR count). The zero-order chi connectivity index (χ0) is 22.3. The summed E-state index contributed by atoms with van der Waals surface area (Å²) in [6.45, 7) is 4.06. The Morgan fingerprint density at radius 2 is 1.03 bits per heavy atom. The minimum atomic E-state index is -1.18. The van der Waals surface area contributed by atoms with Gasteiger partial charge in [-0.05, 0) is 25.7 Å². The van der Waals surface area contributed by atoms with E-state index >= 15 is 0 Å². The molecule has 0 aromatic heterocycles. The third-order valence-corrected chi connectivity index (χ3v) is 5.45. The molecule has 0 saturated carbocycles. The Hall–Kier alpha value is -1.36. The molecule has 0 aromatic rings. The number of carbonyl (C=O) groups is 2. The van der Waals surface area contributed by atoms with Gasteiger partial charge in [-0.2, -0.15) is 0 Å². The van der Waals surface area contributed by atoms with Crippen LogP contribution < -0.4 is 0 Å². The fourth-order valence-corrected chi connectivity index (χ4v) is 3.56. The van der Waals surface area contributed by atoms with Crippen molar-refractivity contribution in [2.24, 2.45) is 0 Å². The van der Waals surface area contributed by atoms with Crippen molar-refractivity contribution < 1.29 is 24.5 Å². The molecular formula is C25H46O5. The van der Waals surface area contributed by atoms with Crippen LogP contribution in [0.15, 0.2) is 11.6 Å². The number of hydrogen-bond acceptors (Lipinski definition) is 3. The summed E-state index contributed by atoms with van der Waals surface area (Å²) in [5.41, 5.74) is -0.000995. The topological polar surface area (TPSA) is 83.8 Å². The molecule has 30 heavy (non-hydrogen) atoms. The molecule has 0 bridgehead atoms. The maximum absolute atomic E-state index is 10.9. The molecule has 0 aliphatic carbocycles. The van der Waals surface area contributed by atoms with Crippen LogP contribution >= 0.6 is 0 Å². The van der Waals surface area contributed by atoms with Crippen molar-refractivity contribution in [1.29, 1.82) is 0 Å². The van der Waals surface area contributed by atoms with Gasteiger partial charge < -0.3 is 14.9 Å². The maximum Gasteiger partial charge on any atom is 0.331 e. The van der Waals surface area contributed by atoms with Crippen molar-refractivity contribution in [3.63, 3.8) is 0 Å². The van der Waals surface area contributed by atoms with Gasteiger partial charge in [0.1, 0.15) is 0 Å². The first-order valence-electron chi connectivity index (χ1n) is 12.3. The normalized spacial score (nSPS) is 11.7. The van der Waals surface area contributed by atoms with E-state index in [1.165, 1.54) is 89.9 Å². The van der Waals surface area contributed by atoms with Gasteiger partial charge in [-0.3, -0.25) is 0 Å². The smallest absolute Gasteiger partial charge is 0.331 e. The number of ether oxygens (including phenoxy) is 1. The highest BCUT2D eigenvalue weighted by Crippen LogP contribution is 2.15. The molecule has 0 amide bonds. The molecule has 2 N–H and O–H groups in total. The van der Waals surface area contributed by atoms with Crippen LogP contribution in [0.25, 0.3) is 0 Å². The number of hydrogen-bond donors (Lipinski definition) is 2. The predicted octanol–water partition coefficient (Wildman–Crippen LogP) is 7.14. The molecule has 0 saturated heterocycles. The standard InChI is InChI=1S/C25H46O5/c1-2-3-20-30-21-18-16-14-12-10-8-6-4-5-7-9-11-13-15-17-19-23(25(28)29)22-24(26)27/h22H,2-21H2,1H3,(H,26,27)(H,28,29)/b23-22-. The Morgan fingerprint density at radius 3 is 1.43 bits per heavy atom. The van der Waals surface area contributed by atoms with Crippen molar-refractivity contribution >= 4 is 11.9 Å². The van der Waals surface area contributed by atoms with Gasteiger partial charge in [0.25, 0.3) is 0 Å². The van der Waals surface area contributed by atoms with Gasteiger partial charge in [0, 0.05) is 24.9 Å². The minimum Gasteiger partial charge on any atom is -0.478 e. The Morgan fingerprint density at radius 1 is 0.633 bits per heavy atom. The zero-order valence-electron chi connectivity index (χ0n) is 19.3. The number of carboxylic acid groups (broad SMARTS) is 2. The summed E-state index contributed by atoms with van der Waals surface area (Å²) in [4.78, 5) is 21.5. The second-order valence-corrected chi connectivity index (χ2v) is 8.33. The lowest BCUT2D eigenvalue weighted by Gasteiger charge is -2.05. The number of rotatable bonds is 23. The number of carboxylic acids is 2. The van der Waals surface area contributed by atoms with Crippen molar-refractivity contribution in [3.8, 4) is 0 Å². The Balaban J connectivity index is 3.25. The molecule has 176 valence electrons. The van der Waals surface area contributed by atoms with Crippen LogP contribution in [-0.4, -0.2) is 35.4 Å². The zero-order valence-corrected chi connectivity index (χ0v) is 19.3. The molecular weight excluding hydrogens is 380 g/mol. The van der Waals surface area contributed by atoms with E-state index in [2.05, 4.69) is 6.92 Å². The summed E-state index contributed by atoms with van der Waals surface area (Å²) in [6, 6.07) is 0. The lowest BCUT2D eigenvalue weighted by Crippen LogP contribution is -2.04. The van der Waals surface area contributed by atoms with Gasteiger partial charge in [0.2, 0.25) is 0 Å². The summed E-state index contributed by atoms with van der Waals surface area (Å²) in [5, 5.41) is 17.6. The van der Waals surface area contributed by atoms with Crippen LogP contribution in [0.4, 0.5) is 0 Å². The lowest BCUT2D eigenvalue weighted by atomic mass is 10.0. The van der Waals surface area contributed by atoms with Crippen molar-refractivity contribution in [3.05, 3.63) is 11.6 Å². The van der Waals surface area contributed by atoms with Gasteiger partial charge >= 0.3 is 11.9 Å². The molecule has 0 aliphatic heterocycles. The van der Waals surface area contributed by atoms with E-state index in [4.69, 9.17) is 14.9 Å². The highest BCUT2D eigenvalue weighted by molar-refractivity contribution is 5.94. The van der Waals surface area contributed by atoms with E-state index < -0.39 is 11.9 Å². The third-order valence-electron chi connectivity index (χ3n) is 5.45. The van der Waals surface area contributed by atoms with Crippen LogP contribution in [0.5, 0.6) is 0 Å². The molecule has 0 heterocycles. The third kappa shape index (κ3) is 21.4. The van der Waals surface area contributed by atoms with Crippen LogP contribution in [0.3, 0.4) is 0 Å². The van der Waals surface area contributed by atoms with Crippen LogP contribution in [-0.2, 0) is 14.3 Å². The first-order valence-corrected chi connectivity index (χ1v) is 12.3. The van der Waals surface area contributed by atoms with Gasteiger partial charge in [-0.15, -0.1) is 0 Å². The van der Waals surface area contributed by atoms with Gasteiger partial charge in [0.15, 0.2) is 0 Å². The van der Waals surface area contributed by atoms with Crippen LogP contribution in [0.2, 0.25) is 0 Å². The summed E-state index contributed by atoms with van der Waals surface area (Å²) >= 11 is 0. The first kappa shape index (κ1) is 28.6. The molecule has 5 heteroatoms. The van der Waals surface area contributed by atoms with E-state index in [9.17, 15) is 9.59 Å². The highest BCUT2D eigenvalue weighted by atomic mass is 16.5. The average Bonchev–Trinajstić information content (AvgIpc) is 2.71. The molecule has 0 aliphatic rings. The Labute approximate surface area is 184 Å². The quantitative estimate of drug-likeness (QED) is 0.134. The molecule has 0 radical (unpaired) electrons. The summed E-state index contributed by atoms with van der Waals surface area (Å²) in [5.74, 6) is -2.31. The van der Waals surface area contributed by atoms with E-state index in [1.807, 2.05) is 0 Å². The van der Waals surface area contributed by atoms with E-state index in [-0.39, 0.29) is 5.57 Å². The van der Waals surface area contributed by atoms with Gasteiger partial charge in [-0.25, -0.2) is 9.59 Å². The number of unbranched alkanes of at least 4 members (excludes halogenated alkanes) is 15. The van der Waals surface area contributed by atoms with Crippen LogP contribution in [0, 0.1) is 0 Å². The maximum atomic E-state index is 10.9. The molecule has 5 nitrogen and oxygen atoms in total. The summed E-state index contributed by atoms with van der Waals surface area (Å²) in [7, 11) is 0. The molecule has 0 fully saturated rings. The summed E-state index contributed by atoms with van der Waals surface area (Å²) < 4.78 is 5.58. The van der Waals surface area contributed by atoms with Crippen LogP contribution in [0.1, 0.15) is 122 Å². The molecule has 0 spiro atoms. The largest absolute Gasteiger partial charge is 0.478 e. The summed E-state index contributed by atoms with van der Waals surface area (Å²) in [6.07, 6.45) is 22.1. The molecule has 0 aromatic carbocycles. The van der Waals surface area contributed by atoms with Crippen molar-refractivity contribution in [1.82, 2.24) is 0 Å². The Kier molecular flexibility index (Phi) is 21.3. The lowest BCUT2D eigenvalue weighted by molar-refractivity contribution is -0.135. The second-order valence-electron chi connectivity index (χ2n) is 8.33. The molecule has 0 atom stereocenters. The SMILES string of the molecule is CCCCOCCCCCCCCCCCCCCCCC/C(=C/C(=O)O)C(=O)O. The van der Waals surface area contributed by atoms with Crippen molar-refractivity contribution in [2.75, 3.05) is 13.2 Å². The molecule has 0 unspecified atom stereocenters. The predicted molar refractivity (Wildman–Crippen MR) is 123 cm³/mol. The Bertz CT molecular complexity index is 445. The first-order chi connectivity index (χ1) is 14.6. The van der Waals surface area contributed by atoms with Gasteiger partial charge in [-0.1, -0.05) is 96.8 Å². The van der Waals surface area contributed by atoms with E-state index in [0.717, 1.165) is 38.6 Å². The fraction of sp³-hybridized carbons (Fsp3) is 0.840. The van der Waals surface area contributed by atoms with Crippen molar-refractivity contribution in [2.45, 2.75) is 122 Å². The monoisotopic (exact) mass is 426 g/mol.